The molecule has 5 nitrogen and oxygen atoms in total. The molecule has 3 unspecified atom stereocenters. The first-order valence-electron chi connectivity index (χ1n) is 6.22. The number of nitrogens with one attached hydrogen (secondary N) is 1. The van der Waals surface area contributed by atoms with Gasteiger partial charge in [0.2, 0.25) is 5.84 Å². The molecule has 0 aliphatic carbocycles. The molecule has 1 fully saturated rings. The highest BCUT2D eigenvalue weighted by Gasteiger charge is 2.55. The first-order valence-corrected chi connectivity index (χ1v) is 6.22. The normalized spacial score (nSPS) is 30.8. The third-order valence-corrected chi connectivity index (χ3v) is 3.32. The number of fused-ring (bicyclic) bond motifs is 1. The third kappa shape index (κ3) is 2.41. The SMILES string of the molecule is CCOC(=O)C1=NC2C(F)CC(C(F)(F)CC)N2N1. The quantitative estimate of drug-likeness (QED) is 0.787. The number of rotatable bonds is 4. The van der Waals surface area contributed by atoms with E-state index in [1.807, 2.05) is 0 Å². The van der Waals surface area contributed by atoms with Crippen LogP contribution in [-0.2, 0) is 9.53 Å². The molecule has 19 heavy (non-hydrogen) atoms. The molecule has 2 aliphatic rings. The van der Waals surface area contributed by atoms with Gasteiger partial charge < -0.3 is 4.74 Å². The number of nitrogens with zero attached hydrogens (tertiary/aromatic N) is 2. The second-order valence-corrected chi connectivity index (χ2v) is 4.51. The standard InChI is InChI=1S/C11H16F3N3O2/c1-3-11(13,14)7-5-6(12)9-15-8(16-17(7)9)10(18)19-4-2/h6-7,9H,3-5H2,1-2H3,(H,15,16). The highest BCUT2D eigenvalue weighted by molar-refractivity contribution is 6.35. The third-order valence-electron chi connectivity index (χ3n) is 3.32. The topological polar surface area (TPSA) is 53.9 Å². The van der Waals surface area contributed by atoms with Gasteiger partial charge in [-0.05, 0) is 6.92 Å². The second kappa shape index (κ2) is 4.99. The Balaban J connectivity index is 2.14. The van der Waals surface area contributed by atoms with E-state index in [9.17, 15) is 18.0 Å². The molecule has 0 aromatic heterocycles. The number of alkyl halides is 3. The van der Waals surface area contributed by atoms with E-state index in [0.29, 0.717) is 0 Å². The number of esters is 1. The summed E-state index contributed by atoms with van der Waals surface area (Å²) in [6.45, 7) is 3.09. The number of carbonyl (C=O) groups excluding carboxylic acids is 1. The van der Waals surface area contributed by atoms with Crippen LogP contribution in [0.3, 0.4) is 0 Å². The number of hydrogen-bond acceptors (Lipinski definition) is 5. The Labute approximate surface area is 108 Å². The van der Waals surface area contributed by atoms with Crippen LogP contribution in [0.4, 0.5) is 13.2 Å². The number of amidine groups is 1. The molecule has 2 rings (SSSR count). The molecule has 0 spiro atoms. The van der Waals surface area contributed by atoms with Gasteiger partial charge in [-0.2, -0.15) is 5.01 Å². The van der Waals surface area contributed by atoms with Crippen LogP contribution in [0.1, 0.15) is 26.7 Å². The summed E-state index contributed by atoms with van der Waals surface area (Å²) < 4.78 is 45.9. The van der Waals surface area contributed by atoms with Crippen LogP contribution in [0, 0.1) is 0 Å². The summed E-state index contributed by atoms with van der Waals surface area (Å²) in [6, 6.07) is -1.31. The van der Waals surface area contributed by atoms with Crippen LogP contribution >= 0.6 is 0 Å². The minimum atomic E-state index is -3.04. The number of ether oxygens (including phenoxy) is 1. The van der Waals surface area contributed by atoms with E-state index in [1.54, 1.807) is 6.92 Å². The van der Waals surface area contributed by atoms with E-state index < -0.39 is 36.7 Å². The monoisotopic (exact) mass is 279 g/mol. The van der Waals surface area contributed by atoms with Crippen molar-refractivity contribution in [1.82, 2.24) is 10.4 Å². The van der Waals surface area contributed by atoms with Crippen LogP contribution in [-0.4, -0.2) is 47.7 Å². The van der Waals surface area contributed by atoms with Gasteiger partial charge in [-0.15, -0.1) is 0 Å². The van der Waals surface area contributed by atoms with Gasteiger partial charge in [-0.25, -0.2) is 23.0 Å². The molecule has 8 heteroatoms. The van der Waals surface area contributed by atoms with Crippen molar-refractivity contribution in [2.75, 3.05) is 6.61 Å². The molecule has 2 heterocycles. The Morgan fingerprint density at radius 3 is 2.84 bits per heavy atom. The lowest BCUT2D eigenvalue weighted by Crippen LogP contribution is -2.52. The van der Waals surface area contributed by atoms with Crippen molar-refractivity contribution in [2.45, 2.75) is 51.0 Å². The minimum Gasteiger partial charge on any atom is -0.460 e. The highest BCUT2D eigenvalue weighted by Crippen LogP contribution is 2.39. The van der Waals surface area contributed by atoms with Gasteiger partial charge >= 0.3 is 5.97 Å². The first kappa shape index (κ1) is 14.1. The predicted molar refractivity (Wildman–Crippen MR) is 61.4 cm³/mol. The molecule has 1 N–H and O–H groups in total. The predicted octanol–water partition coefficient (Wildman–Crippen LogP) is 1.25. The largest absolute Gasteiger partial charge is 0.460 e. The van der Waals surface area contributed by atoms with Gasteiger partial charge in [0.15, 0.2) is 6.17 Å². The summed E-state index contributed by atoms with van der Waals surface area (Å²) in [5.41, 5.74) is 2.45. The maximum Gasteiger partial charge on any atom is 0.375 e. The zero-order valence-corrected chi connectivity index (χ0v) is 10.7. The van der Waals surface area contributed by atoms with Gasteiger partial charge in [-0.1, -0.05) is 6.92 Å². The molecule has 3 atom stereocenters. The zero-order valence-electron chi connectivity index (χ0n) is 10.7. The molecule has 0 aromatic carbocycles. The average Bonchev–Trinajstić information content (AvgIpc) is 2.91. The van der Waals surface area contributed by atoms with Crippen molar-refractivity contribution in [1.29, 1.82) is 0 Å². The molecular formula is C11H16F3N3O2. The fourth-order valence-corrected chi connectivity index (χ4v) is 2.29. The smallest absolute Gasteiger partial charge is 0.375 e. The van der Waals surface area contributed by atoms with E-state index in [4.69, 9.17) is 4.74 Å². The fourth-order valence-electron chi connectivity index (χ4n) is 2.29. The fraction of sp³-hybridized carbons (Fsp3) is 0.818. The molecule has 0 bridgehead atoms. The van der Waals surface area contributed by atoms with E-state index >= 15 is 0 Å². The number of hydrogen-bond donors (Lipinski definition) is 1. The van der Waals surface area contributed by atoms with Crippen LogP contribution in [0.15, 0.2) is 4.99 Å². The van der Waals surface area contributed by atoms with Gasteiger partial charge in [-0.3, -0.25) is 5.43 Å². The highest BCUT2D eigenvalue weighted by atomic mass is 19.3. The number of carbonyl (C=O) groups is 1. The number of aliphatic imine (C=N–C) groups is 1. The Bertz CT molecular complexity index is 403. The Kier molecular flexibility index (Phi) is 3.71. The molecule has 0 aromatic rings. The first-order chi connectivity index (χ1) is 8.90. The van der Waals surface area contributed by atoms with Crippen LogP contribution in [0.25, 0.3) is 0 Å². The van der Waals surface area contributed by atoms with Crippen LogP contribution in [0.2, 0.25) is 0 Å². The Morgan fingerprint density at radius 1 is 1.58 bits per heavy atom. The van der Waals surface area contributed by atoms with E-state index in [0.717, 1.165) is 5.01 Å². The van der Waals surface area contributed by atoms with Gasteiger partial charge in [0.25, 0.3) is 5.92 Å². The molecule has 0 amide bonds. The van der Waals surface area contributed by atoms with E-state index in [1.165, 1.54) is 6.92 Å². The lowest BCUT2D eigenvalue weighted by Gasteiger charge is -2.29. The van der Waals surface area contributed by atoms with Crippen LogP contribution < -0.4 is 5.43 Å². The van der Waals surface area contributed by atoms with Gasteiger partial charge in [0.1, 0.15) is 6.17 Å². The summed E-state index contributed by atoms with van der Waals surface area (Å²) in [6.07, 6.45) is -3.31. The summed E-state index contributed by atoms with van der Waals surface area (Å²) in [5.74, 6) is -4.01. The molecule has 2 aliphatic heterocycles. The molecule has 1 saturated heterocycles. The van der Waals surface area contributed by atoms with Crippen molar-refractivity contribution in [3.05, 3.63) is 0 Å². The van der Waals surface area contributed by atoms with Crippen molar-refractivity contribution < 1.29 is 22.7 Å². The van der Waals surface area contributed by atoms with Crippen molar-refractivity contribution >= 4 is 11.8 Å². The zero-order chi connectivity index (χ0) is 14.2. The summed E-state index contributed by atoms with van der Waals surface area (Å²) in [5, 5.41) is 1.03. The maximum absolute atomic E-state index is 13.7. The average molecular weight is 279 g/mol. The summed E-state index contributed by atoms with van der Waals surface area (Å²) in [4.78, 5) is 15.3. The Morgan fingerprint density at radius 2 is 2.26 bits per heavy atom. The molecule has 108 valence electrons. The van der Waals surface area contributed by atoms with Crippen molar-refractivity contribution in [2.24, 2.45) is 4.99 Å². The maximum atomic E-state index is 13.7. The molecular weight excluding hydrogens is 263 g/mol. The molecule has 0 radical (unpaired) electrons. The Hall–Kier alpha value is -1.31. The van der Waals surface area contributed by atoms with Gasteiger partial charge in [0.05, 0.1) is 12.6 Å². The summed E-state index contributed by atoms with van der Waals surface area (Å²) >= 11 is 0. The van der Waals surface area contributed by atoms with Crippen molar-refractivity contribution in [3.8, 4) is 0 Å². The minimum absolute atomic E-state index is 0.137. The summed E-state index contributed by atoms with van der Waals surface area (Å²) in [7, 11) is 0. The van der Waals surface area contributed by atoms with Gasteiger partial charge in [0, 0.05) is 12.8 Å². The van der Waals surface area contributed by atoms with E-state index in [-0.39, 0.29) is 18.9 Å². The molecule has 0 saturated carbocycles. The number of hydrazine groups is 1. The lowest BCUT2D eigenvalue weighted by atomic mass is 10.1. The van der Waals surface area contributed by atoms with Crippen LogP contribution in [0.5, 0.6) is 0 Å². The number of halogens is 3. The van der Waals surface area contributed by atoms with Crippen molar-refractivity contribution in [3.63, 3.8) is 0 Å². The van der Waals surface area contributed by atoms with E-state index in [2.05, 4.69) is 10.4 Å². The lowest BCUT2D eigenvalue weighted by molar-refractivity contribution is -0.135. The second-order valence-electron chi connectivity index (χ2n) is 4.51.